The van der Waals surface area contributed by atoms with Crippen LogP contribution in [0.4, 0.5) is 0 Å². The summed E-state index contributed by atoms with van der Waals surface area (Å²) in [6.07, 6.45) is 1.61. The molecule has 0 aromatic carbocycles. The molecule has 21 heavy (non-hydrogen) atoms. The fourth-order valence-electron chi connectivity index (χ4n) is 2.57. The van der Waals surface area contributed by atoms with E-state index >= 15 is 0 Å². The Labute approximate surface area is 127 Å². The number of carbonyl (C=O) groups is 1. The molecule has 0 spiro atoms. The van der Waals surface area contributed by atoms with Crippen molar-refractivity contribution < 1.29 is 13.9 Å². The van der Waals surface area contributed by atoms with Crippen molar-refractivity contribution in [3.63, 3.8) is 0 Å². The lowest BCUT2D eigenvalue weighted by molar-refractivity contribution is -0.136. The standard InChI is InChI=1S/C15H16N2O3S/c1-8-12(14(18)19-4)13(11-6-5-7-20-11)17-9(2)10(3)21-15(17)16-8/h5-7,13H,1-4H3/t13-/m1/s1. The molecule has 0 amide bonds. The van der Waals surface area contributed by atoms with Gasteiger partial charge in [-0.1, -0.05) is 11.8 Å². The molecular weight excluding hydrogens is 288 g/mol. The van der Waals surface area contributed by atoms with Gasteiger partial charge in [0, 0.05) is 10.6 Å². The zero-order valence-corrected chi connectivity index (χ0v) is 13.2. The number of furan rings is 1. The van der Waals surface area contributed by atoms with E-state index in [4.69, 9.17) is 9.15 Å². The second-order valence-corrected chi connectivity index (χ2v) is 6.10. The van der Waals surface area contributed by atoms with Gasteiger partial charge in [0.15, 0.2) is 5.17 Å². The third-order valence-corrected chi connectivity index (χ3v) is 4.80. The lowest BCUT2D eigenvalue weighted by Gasteiger charge is -2.33. The third kappa shape index (κ3) is 2.10. The number of aliphatic imine (C=N–C) groups is 1. The van der Waals surface area contributed by atoms with Gasteiger partial charge in [-0.2, -0.15) is 0 Å². The number of allylic oxidation sites excluding steroid dienone is 3. The molecule has 0 fully saturated rings. The molecule has 3 heterocycles. The number of fused-ring (bicyclic) bond motifs is 1. The van der Waals surface area contributed by atoms with Crippen LogP contribution in [0, 0.1) is 0 Å². The second-order valence-electron chi connectivity index (χ2n) is 4.92. The largest absolute Gasteiger partial charge is 0.467 e. The van der Waals surface area contributed by atoms with Crippen LogP contribution in [0.2, 0.25) is 0 Å². The van der Waals surface area contributed by atoms with Crippen molar-refractivity contribution in [1.29, 1.82) is 0 Å². The number of thioether (sulfide) groups is 1. The number of esters is 1. The minimum Gasteiger partial charge on any atom is -0.467 e. The normalized spacial score (nSPS) is 21.6. The summed E-state index contributed by atoms with van der Waals surface area (Å²) in [6.45, 7) is 5.90. The van der Waals surface area contributed by atoms with Gasteiger partial charge in [-0.3, -0.25) is 0 Å². The number of nitrogens with zero attached hydrogens (tertiary/aromatic N) is 2. The van der Waals surface area contributed by atoms with Crippen LogP contribution < -0.4 is 0 Å². The summed E-state index contributed by atoms with van der Waals surface area (Å²) in [5.41, 5.74) is 2.27. The molecule has 0 radical (unpaired) electrons. The SMILES string of the molecule is COC(=O)C1=C(C)N=C2SC(C)=C(C)N2[C@@H]1c1ccco1. The summed E-state index contributed by atoms with van der Waals surface area (Å²) in [5.74, 6) is 0.329. The second kappa shape index (κ2) is 5.11. The first-order chi connectivity index (χ1) is 10.0. The Kier molecular flexibility index (Phi) is 3.41. The van der Waals surface area contributed by atoms with Crippen LogP contribution in [-0.4, -0.2) is 23.1 Å². The zero-order valence-electron chi connectivity index (χ0n) is 12.3. The number of amidine groups is 1. The number of hydrogen-bond donors (Lipinski definition) is 0. The van der Waals surface area contributed by atoms with E-state index in [0.29, 0.717) is 17.0 Å². The summed E-state index contributed by atoms with van der Waals surface area (Å²) in [7, 11) is 1.38. The highest BCUT2D eigenvalue weighted by Gasteiger charge is 2.42. The molecule has 0 aliphatic carbocycles. The summed E-state index contributed by atoms with van der Waals surface area (Å²) in [4.78, 5) is 20.0. The summed E-state index contributed by atoms with van der Waals surface area (Å²) in [5, 5.41) is 0.872. The van der Waals surface area contributed by atoms with E-state index in [1.165, 1.54) is 12.0 Å². The third-order valence-electron chi connectivity index (χ3n) is 3.72. The van der Waals surface area contributed by atoms with Crippen molar-refractivity contribution >= 4 is 22.9 Å². The maximum Gasteiger partial charge on any atom is 0.338 e. The molecule has 1 aromatic heterocycles. The van der Waals surface area contributed by atoms with Crippen molar-refractivity contribution in [2.24, 2.45) is 4.99 Å². The Morgan fingerprint density at radius 2 is 2.19 bits per heavy atom. The number of methoxy groups -OCH3 is 1. The highest BCUT2D eigenvalue weighted by atomic mass is 32.2. The van der Waals surface area contributed by atoms with Gasteiger partial charge in [0.25, 0.3) is 0 Å². The molecule has 0 N–H and O–H groups in total. The monoisotopic (exact) mass is 304 g/mol. The molecule has 6 heteroatoms. The molecule has 0 saturated heterocycles. The van der Waals surface area contributed by atoms with E-state index in [2.05, 4.69) is 4.99 Å². The molecule has 5 nitrogen and oxygen atoms in total. The molecule has 1 aromatic rings. The summed E-state index contributed by atoms with van der Waals surface area (Å²) in [6, 6.07) is 3.36. The highest BCUT2D eigenvalue weighted by molar-refractivity contribution is 8.17. The minimum absolute atomic E-state index is 0.329. The van der Waals surface area contributed by atoms with Crippen molar-refractivity contribution in [2.75, 3.05) is 7.11 Å². The molecule has 0 saturated carbocycles. The van der Waals surface area contributed by atoms with Gasteiger partial charge in [0.05, 0.1) is 24.6 Å². The van der Waals surface area contributed by atoms with Crippen LogP contribution in [0.1, 0.15) is 32.6 Å². The topological polar surface area (TPSA) is 55.0 Å². The molecule has 0 bridgehead atoms. The fourth-order valence-corrected chi connectivity index (χ4v) is 3.61. The first kappa shape index (κ1) is 14.0. The molecule has 0 unspecified atom stereocenters. The zero-order chi connectivity index (χ0) is 15.1. The van der Waals surface area contributed by atoms with Crippen LogP contribution in [-0.2, 0) is 9.53 Å². The van der Waals surface area contributed by atoms with Gasteiger partial charge in [-0.05, 0) is 32.9 Å². The maximum atomic E-state index is 12.2. The van der Waals surface area contributed by atoms with Crippen LogP contribution in [0.15, 0.2) is 49.7 Å². The predicted molar refractivity (Wildman–Crippen MR) is 81.4 cm³/mol. The maximum absolute atomic E-state index is 12.2. The Hall–Kier alpha value is -1.95. The van der Waals surface area contributed by atoms with Gasteiger partial charge in [-0.25, -0.2) is 9.79 Å². The van der Waals surface area contributed by atoms with E-state index in [-0.39, 0.29) is 12.0 Å². The average molecular weight is 304 g/mol. The van der Waals surface area contributed by atoms with E-state index < -0.39 is 0 Å². The van der Waals surface area contributed by atoms with Crippen LogP contribution in [0.25, 0.3) is 0 Å². The Morgan fingerprint density at radius 1 is 1.43 bits per heavy atom. The van der Waals surface area contributed by atoms with Crippen molar-refractivity contribution in [3.05, 3.63) is 46.0 Å². The van der Waals surface area contributed by atoms with E-state index in [0.717, 1.165) is 10.9 Å². The number of rotatable bonds is 2. The smallest absolute Gasteiger partial charge is 0.338 e. The molecule has 3 rings (SSSR count). The Balaban J connectivity index is 2.18. The van der Waals surface area contributed by atoms with Crippen molar-refractivity contribution in [2.45, 2.75) is 26.8 Å². The van der Waals surface area contributed by atoms with Gasteiger partial charge in [0.1, 0.15) is 11.8 Å². The Bertz CT molecular complexity index is 686. The van der Waals surface area contributed by atoms with Crippen molar-refractivity contribution in [3.8, 4) is 0 Å². The van der Waals surface area contributed by atoms with E-state index in [1.807, 2.05) is 37.8 Å². The average Bonchev–Trinajstić information content (AvgIpc) is 3.07. The predicted octanol–water partition coefficient (Wildman–Crippen LogP) is 3.44. The molecular formula is C15H16N2O3S. The van der Waals surface area contributed by atoms with Gasteiger partial charge in [-0.15, -0.1) is 0 Å². The summed E-state index contributed by atoms with van der Waals surface area (Å²) >= 11 is 1.61. The highest BCUT2D eigenvalue weighted by Crippen LogP contribution is 2.46. The van der Waals surface area contributed by atoms with Gasteiger partial charge in [0.2, 0.25) is 0 Å². The van der Waals surface area contributed by atoms with E-state index in [9.17, 15) is 4.79 Å². The van der Waals surface area contributed by atoms with Crippen molar-refractivity contribution in [1.82, 2.24) is 4.90 Å². The first-order valence-electron chi connectivity index (χ1n) is 6.60. The van der Waals surface area contributed by atoms with Crippen LogP contribution in [0.3, 0.4) is 0 Å². The molecule has 110 valence electrons. The molecule has 1 atom stereocenters. The van der Waals surface area contributed by atoms with Gasteiger partial charge < -0.3 is 14.1 Å². The van der Waals surface area contributed by atoms with Crippen LogP contribution >= 0.6 is 11.8 Å². The lowest BCUT2D eigenvalue weighted by atomic mass is 9.99. The Morgan fingerprint density at radius 3 is 2.81 bits per heavy atom. The quantitative estimate of drug-likeness (QED) is 0.783. The van der Waals surface area contributed by atoms with Gasteiger partial charge >= 0.3 is 5.97 Å². The lowest BCUT2D eigenvalue weighted by Crippen LogP contribution is -2.35. The summed E-state index contributed by atoms with van der Waals surface area (Å²) < 4.78 is 10.5. The first-order valence-corrected chi connectivity index (χ1v) is 7.42. The fraction of sp³-hybridized carbons (Fsp3) is 0.333. The molecule has 2 aliphatic heterocycles. The van der Waals surface area contributed by atoms with Crippen LogP contribution in [0.5, 0.6) is 0 Å². The molecule has 2 aliphatic rings. The van der Waals surface area contributed by atoms with E-state index in [1.54, 1.807) is 18.0 Å². The number of hydrogen-bond acceptors (Lipinski definition) is 6. The number of carbonyl (C=O) groups excluding carboxylic acids is 1. The minimum atomic E-state index is -0.376. The number of ether oxygens (including phenoxy) is 1.